The molecule has 0 aliphatic heterocycles. The van der Waals surface area contributed by atoms with E-state index in [1.54, 1.807) is 23.1 Å². The molecule has 2 rings (SSSR count). The van der Waals surface area contributed by atoms with Gasteiger partial charge in [-0.15, -0.1) is 0 Å². The molecule has 2 aromatic carbocycles. The zero-order valence-corrected chi connectivity index (χ0v) is 14.6. The van der Waals surface area contributed by atoms with E-state index in [1.165, 1.54) is 11.1 Å². The molecule has 0 radical (unpaired) electrons. The van der Waals surface area contributed by atoms with Crippen molar-refractivity contribution in [2.75, 3.05) is 7.05 Å². The molecule has 0 N–H and O–H groups in total. The number of benzene rings is 2. The number of hydrogen-bond donors (Lipinski definition) is 0. The van der Waals surface area contributed by atoms with Crippen LogP contribution in [0.4, 0.5) is 0 Å². The van der Waals surface area contributed by atoms with Gasteiger partial charge in [-0.25, -0.2) is 0 Å². The molecule has 0 aromatic heterocycles. The van der Waals surface area contributed by atoms with Crippen LogP contribution in [0.3, 0.4) is 0 Å². The van der Waals surface area contributed by atoms with E-state index < -0.39 is 0 Å². The normalized spacial score (nSPS) is 10.5. The Morgan fingerprint density at radius 3 is 2.52 bits per heavy atom. The van der Waals surface area contributed by atoms with E-state index >= 15 is 0 Å². The first kappa shape index (κ1) is 16.1. The molecule has 2 nitrogen and oxygen atoms in total. The molecule has 0 saturated heterocycles. The summed E-state index contributed by atoms with van der Waals surface area (Å²) in [7, 11) is 1.81. The highest BCUT2D eigenvalue weighted by Crippen LogP contribution is 2.23. The summed E-state index contributed by atoms with van der Waals surface area (Å²) >= 11 is 9.31. The van der Waals surface area contributed by atoms with Crippen LogP contribution in [0.5, 0.6) is 0 Å². The van der Waals surface area contributed by atoms with Crippen molar-refractivity contribution >= 4 is 33.4 Å². The van der Waals surface area contributed by atoms with Gasteiger partial charge in [-0.3, -0.25) is 4.79 Å². The average Bonchev–Trinajstić information content (AvgIpc) is 2.41. The summed E-state index contributed by atoms with van der Waals surface area (Å²) in [6.07, 6.45) is 0. The second-order valence-electron chi connectivity index (χ2n) is 5.22. The molecule has 2 aromatic rings. The summed E-state index contributed by atoms with van der Waals surface area (Å²) in [5.41, 5.74) is 4.20. The van der Waals surface area contributed by atoms with Crippen LogP contribution in [0.1, 0.15) is 27.0 Å². The van der Waals surface area contributed by atoms with Crippen molar-refractivity contribution < 1.29 is 4.79 Å². The maximum absolute atomic E-state index is 12.5. The van der Waals surface area contributed by atoms with E-state index in [0.29, 0.717) is 21.6 Å². The van der Waals surface area contributed by atoms with Crippen molar-refractivity contribution in [1.82, 2.24) is 4.90 Å². The van der Waals surface area contributed by atoms with Crippen LogP contribution in [-0.2, 0) is 6.54 Å². The van der Waals surface area contributed by atoms with E-state index in [2.05, 4.69) is 48.0 Å². The number of hydrogen-bond acceptors (Lipinski definition) is 1. The topological polar surface area (TPSA) is 20.3 Å². The molecular weight excluding hydrogens is 350 g/mol. The quantitative estimate of drug-likeness (QED) is 0.749. The van der Waals surface area contributed by atoms with Crippen molar-refractivity contribution in [1.29, 1.82) is 0 Å². The SMILES string of the molecule is Cc1ccc(CN(C)C(=O)c2ccc(Cl)cc2Br)c(C)c1. The van der Waals surface area contributed by atoms with E-state index in [-0.39, 0.29) is 5.91 Å². The minimum absolute atomic E-state index is 0.0292. The molecule has 0 aliphatic rings. The fourth-order valence-electron chi connectivity index (χ4n) is 2.22. The zero-order chi connectivity index (χ0) is 15.6. The first-order valence-corrected chi connectivity index (χ1v) is 7.82. The molecule has 0 fully saturated rings. The molecule has 0 bridgehead atoms. The van der Waals surface area contributed by atoms with Gasteiger partial charge in [0.05, 0.1) is 5.56 Å². The van der Waals surface area contributed by atoms with E-state index in [4.69, 9.17) is 11.6 Å². The van der Waals surface area contributed by atoms with E-state index in [0.717, 1.165) is 5.56 Å². The van der Waals surface area contributed by atoms with E-state index in [9.17, 15) is 4.79 Å². The van der Waals surface area contributed by atoms with Crippen molar-refractivity contribution in [2.45, 2.75) is 20.4 Å². The first-order valence-electron chi connectivity index (χ1n) is 6.65. The highest BCUT2D eigenvalue weighted by molar-refractivity contribution is 9.10. The maximum Gasteiger partial charge on any atom is 0.255 e. The summed E-state index contributed by atoms with van der Waals surface area (Å²) in [6, 6.07) is 11.5. The molecule has 0 unspecified atom stereocenters. The molecular formula is C17H17BrClNO. The number of rotatable bonds is 3. The van der Waals surface area contributed by atoms with Crippen LogP contribution in [-0.4, -0.2) is 17.9 Å². The Morgan fingerprint density at radius 1 is 1.19 bits per heavy atom. The first-order chi connectivity index (χ1) is 9.88. The van der Waals surface area contributed by atoms with Crippen molar-refractivity contribution in [2.24, 2.45) is 0 Å². The van der Waals surface area contributed by atoms with Gasteiger partial charge in [-0.1, -0.05) is 35.4 Å². The minimum Gasteiger partial charge on any atom is -0.337 e. The number of carbonyl (C=O) groups is 1. The van der Waals surface area contributed by atoms with E-state index in [1.807, 2.05) is 7.05 Å². The van der Waals surface area contributed by atoms with Crippen LogP contribution in [0, 0.1) is 13.8 Å². The van der Waals surface area contributed by atoms with Crippen LogP contribution < -0.4 is 0 Å². The molecule has 4 heteroatoms. The van der Waals surface area contributed by atoms with Crippen LogP contribution >= 0.6 is 27.5 Å². The van der Waals surface area contributed by atoms with Crippen molar-refractivity contribution in [3.05, 3.63) is 68.1 Å². The van der Waals surface area contributed by atoms with Gasteiger partial charge in [0.15, 0.2) is 0 Å². The number of aryl methyl sites for hydroxylation is 2. The molecule has 0 heterocycles. The van der Waals surface area contributed by atoms with Crippen molar-refractivity contribution in [3.8, 4) is 0 Å². The number of amides is 1. The second kappa shape index (κ2) is 6.63. The van der Waals surface area contributed by atoms with Gasteiger partial charge in [0.25, 0.3) is 5.91 Å². The monoisotopic (exact) mass is 365 g/mol. The van der Waals surface area contributed by atoms with Gasteiger partial charge in [0, 0.05) is 23.1 Å². The minimum atomic E-state index is -0.0292. The molecule has 0 spiro atoms. The summed E-state index contributed by atoms with van der Waals surface area (Å²) in [4.78, 5) is 14.2. The molecule has 21 heavy (non-hydrogen) atoms. The zero-order valence-electron chi connectivity index (χ0n) is 12.3. The Bertz CT molecular complexity index is 684. The number of halogens is 2. The highest BCUT2D eigenvalue weighted by Gasteiger charge is 2.16. The fourth-order valence-corrected chi connectivity index (χ4v) is 3.07. The van der Waals surface area contributed by atoms with Crippen LogP contribution in [0.15, 0.2) is 40.9 Å². The van der Waals surface area contributed by atoms with Gasteiger partial charge in [-0.05, 0) is 59.1 Å². The maximum atomic E-state index is 12.5. The second-order valence-corrected chi connectivity index (χ2v) is 6.51. The molecule has 1 amide bonds. The molecule has 0 aliphatic carbocycles. The third kappa shape index (κ3) is 3.86. The Morgan fingerprint density at radius 2 is 1.90 bits per heavy atom. The lowest BCUT2D eigenvalue weighted by Crippen LogP contribution is -2.26. The van der Waals surface area contributed by atoms with Gasteiger partial charge >= 0.3 is 0 Å². The summed E-state index contributed by atoms with van der Waals surface area (Å²) in [5, 5.41) is 0.607. The van der Waals surface area contributed by atoms with Crippen LogP contribution in [0.25, 0.3) is 0 Å². The Hall–Kier alpha value is -1.32. The summed E-state index contributed by atoms with van der Waals surface area (Å²) in [5.74, 6) is -0.0292. The highest BCUT2D eigenvalue weighted by atomic mass is 79.9. The largest absolute Gasteiger partial charge is 0.337 e. The summed E-state index contributed by atoms with van der Waals surface area (Å²) < 4.78 is 0.715. The van der Waals surface area contributed by atoms with Gasteiger partial charge in [0.2, 0.25) is 0 Å². The summed E-state index contributed by atoms with van der Waals surface area (Å²) in [6.45, 7) is 4.72. The number of nitrogens with zero attached hydrogens (tertiary/aromatic N) is 1. The Labute approximate surface area is 138 Å². The average molecular weight is 367 g/mol. The molecule has 0 atom stereocenters. The lowest BCUT2D eigenvalue weighted by Gasteiger charge is -2.19. The standard InChI is InChI=1S/C17H17BrClNO/c1-11-4-5-13(12(2)8-11)10-20(3)17(21)15-7-6-14(19)9-16(15)18/h4-9H,10H2,1-3H3. The lowest BCUT2D eigenvalue weighted by molar-refractivity contribution is 0.0784. The number of carbonyl (C=O) groups excluding carboxylic acids is 1. The predicted molar refractivity (Wildman–Crippen MR) is 90.9 cm³/mol. The lowest BCUT2D eigenvalue weighted by atomic mass is 10.1. The Kier molecular flexibility index (Phi) is 5.07. The van der Waals surface area contributed by atoms with Gasteiger partial charge in [-0.2, -0.15) is 0 Å². The van der Waals surface area contributed by atoms with Gasteiger partial charge in [0.1, 0.15) is 0 Å². The molecule has 0 saturated carbocycles. The van der Waals surface area contributed by atoms with Crippen LogP contribution in [0.2, 0.25) is 5.02 Å². The fraction of sp³-hybridized carbons (Fsp3) is 0.235. The Balaban J connectivity index is 2.19. The predicted octanol–water partition coefficient (Wildman–Crippen LogP) is 4.99. The van der Waals surface area contributed by atoms with Crippen molar-refractivity contribution in [3.63, 3.8) is 0 Å². The van der Waals surface area contributed by atoms with Gasteiger partial charge < -0.3 is 4.90 Å². The molecule has 110 valence electrons. The third-order valence-corrected chi connectivity index (χ3v) is 4.31. The third-order valence-electron chi connectivity index (χ3n) is 3.41. The smallest absolute Gasteiger partial charge is 0.255 e.